The second-order valence-electron chi connectivity index (χ2n) is 10.0. The molecule has 5 aromatic rings. The van der Waals surface area contributed by atoms with E-state index in [4.69, 9.17) is 0 Å². The second-order valence-corrected chi connectivity index (χ2v) is 10.0. The van der Waals surface area contributed by atoms with Gasteiger partial charge in [-0.2, -0.15) is 0 Å². The average Bonchev–Trinajstić information content (AvgIpc) is 3.02. The molecule has 0 heterocycles. The zero-order valence-corrected chi connectivity index (χ0v) is 22.6. The van der Waals surface area contributed by atoms with E-state index in [2.05, 4.69) is 53.8 Å². The van der Waals surface area contributed by atoms with E-state index >= 15 is 0 Å². The van der Waals surface area contributed by atoms with Crippen LogP contribution in [0.2, 0.25) is 0 Å². The number of hydrogen-bond donors (Lipinski definition) is 1. The first-order valence-corrected chi connectivity index (χ1v) is 13.9. The van der Waals surface area contributed by atoms with Crippen molar-refractivity contribution >= 4 is 22.6 Å². The van der Waals surface area contributed by atoms with E-state index in [1.54, 1.807) is 4.90 Å². The Morgan fingerprint density at radius 3 is 1.90 bits per heavy atom. The lowest BCUT2D eigenvalue weighted by Gasteiger charge is -2.24. The molecule has 40 heavy (non-hydrogen) atoms. The molecular formula is C36H34N2O2. The van der Waals surface area contributed by atoms with Crippen molar-refractivity contribution in [3.63, 3.8) is 0 Å². The Bertz CT molecular complexity index is 1490. The van der Waals surface area contributed by atoms with E-state index in [1.807, 2.05) is 84.9 Å². The molecule has 200 valence electrons. The minimum Gasteiger partial charge on any atom is -0.356 e. The number of fused-ring (bicyclic) bond motifs is 1. The quantitative estimate of drug-likeness (QED) is 0.198. The average molecular weight is 527 g/mol. The van der Waals surface area contributed by atoms with Crippen molar-refractivity contribution in [1.29, 1.82) is 0 Å². The molecule has 0 saturated carbocycles. The van der Waals surface area contributed by atoms with Gasteiger partial charge in [0, 0.05) is 37.5 Å². The number of amides is 2. The van der Waals surface area contributed by atoms with Crippen molar-refractivity contribution in [2.45, 2.75) is 25.3 Å². The zero-order valence-electron chi connectivity index (χ0n) is 22.6. The van der Waals surface area contributed by atoms with Crippen LogP contribution in [0.4, 0.5) is 0 Å². The molecule has 0 aliphatic heterocycles. The number of nitrogens with one attached hydrogen (secondary N) is 1. The van der Waals surface area contributed by atoms with Crippen molar-refractivity contribution in [3.8, 4) is 0 Å². The number of rotatable bonds is 11. The minimum atomic E-state index is -0.0679. The first-order valence-electron chi connectivity index (χ1n) is 13.9. The second kappa shape index (κ2) is 13.4. The van der Waals surface area contributed by atoms with Gasteiger partial charge in [0.15, 0.2) is 0 Å². The fourth-order valence-electron chi connectivity index (χ4n) is 5.22. The Labute approximate surface area is 236 Å². The van der Waals surface area contributed by atoms with Gasteiger partial charge in [0.05, 0.1) is 0 Å². The Kier molecular flexibility index (Phi) is 9.00. The lowest BCUT2D eigenvalue weighted by molar-refractivity contribution is -0.121. The van der Waals surface area contributed by atoms with Gasteiger partial charge in [-0.15, -0.1) is 0 Å². The molecule has 4 nitrogen and oxygen atoms in total. The van der Waals surface area contributed by atoms with Crippen LogP contribution in [0.1, 0.15) is 45.8 Å². The molecule has 2 amide bonds. The van der Waals surface area contributed by atoms with Crippen LogP contribution < -0.4 is 5.32 Å². The van der Waals surface area contributed by atoms with Gasteiger partial charge < -0.3 is 10.2 Å². The van der Waals surface area contributed by atoms with Gasteiger partial charge in [-0.3, -0.25) is 9.59 Å². The van der Waals surface area contributed by atoms with Crippen LogP contribution in [-0.4, -0.2) is 29.8 Å². The van der Waals surface area contributed by atoms with E-state index in [0.29, 0.717) is 25.2 Å². The molecule has 4 heteroatoms. The molecule has 0 atom stereocenters. The van der Waals surface area contributed by atoms with E-state index in [0.717, 1.165) is 22.8 Å². The number of benzene rings is 5. The van der Waals surface area contributed by atoms with Crippen LogP contribution in [0, 0.1) is 0 Å². The largest absolute Gasteiger partial charge is 0.356 e. The maximum absolute atomic E-state index is 13.8. The monoisotopic (exact) mass is 526 g/mol. The van der Waals surface area contributed by atoms with E-state index < -0.39 is 0 Å². The summed E-state index contributed by atoms with van der Waals surface area (Å²) in [7, 11) is 0. The first kappa shape index (κ1) is 26.9. The molecular weight excluding hydrogens is 492 g/mol. The van der Waals surface area contributed by atoms with E-state index in [1.165, 1.54) is 11.1 Å². The van der Waals surface area contributed by atoms with Gasteiger partial charge in [-0.1, -0.05) is 127 Å². The Morgan fingerprint density at radius 1 is 0.650 bits per heavy atom. The highest BCUT2D eigenvalue weighted by Gasteiger charge is 2.20. The molecule has 0 bridgehead atoms. The molecule has 0 aliphatic carbocycles. The van der Waals surface area contributed by atoms with Gasteiger partial charge >= 0.3 is 0 Å². The lowest BCUT2D eigenvalue weighted by atomic mass is 9.88. The highest BCUT2D eigenvalue weighted by atomic mass is 16.2. The normalized spacial score (nSPS) is 10.9. The molecule has 0 saturated heterocycles. The summed E-state index contributed by atoms with van der Waals surface area (Å²) in [6.07, 6.45) is 1.03. The highest BCUT2D eigenvalue weighted by molar-refractivity contribution is 6.07. The molecule has 1 N–H and O–H groups in total. The first-order chi connectivity index (χ1) is 19.7. The summed E-state index contributed by atoms with van der Waals surface area (Å²) in [5.41, 5.74) is 4.16. The number of nitrogens with zero attached hydrogens (tertiary/aromatic N) is 1. The molecule has 0 aliphatic rings. The number of hydrogen-bond acceptors (Lipinski definition) is 2. The van der Waals surface area contributed by atoms with Crippen LogP contribution in [0.5, 0.6) is 0 Å². The minimum absolute atomic E-state index is 0.0522. The molecule has 0 radical (unpaired) electrons. The third-order valence-electron chi connectivity index (χ3n) is 7.29. The van der Waals surface area contributed by atoms with Gasteiger partial charge in [-0.25, -0.2) is 0 Å². The maximum Gasteiger partial charge on any atom is 0.254 e. The third-order valence-corrected chi connectivity index (χ3v) is 7.29. The molecule has 0 aromatic heterocycles. The van der Waals surface area contributed by atoms with Crippen molar-refractivity contribution in [1.82, 2.24) is 10.2 Å². The summed E-state index contributed by atoms with van der Waals surface area (Å²) in [5.74, 6) is 0.0792. The van der Waals surface area contributed by atoms with E-state index in [-0.39, 0.29) is 24.2 Å². The molecule has 0 unspecified atom stereocenters. The van der Waals surface area contributed by atoms with Crippen molar-refractivity contribution in [2.24, 2.45) is 0 Å². The molecule has 5 aromatic carbocycles. The smallest absolute Gasteiger partial charge is 0.254 e. The number of carbonyl (C=O) groups is 2. The van der Waals surface area contributed by atoms with Gasteiger partial charge in [0.25, 0.3) is 5.91 Å². The molecule has 0 spiro atoms. The van der Waals surface area contributed by atoms with E-state index in [9.17, 15) is 9.59 Å². The molecule has 0 fully saturated rings. The van der Waals surface area contributed by atoms with Crippen LogP contribution in [-0.2, 0) is 11.3 Å². The summed E-state index contributed by atoms with van der Waals surface area (Å²) >= 11 is 0. The van der Waals surface area contributed by atoms with Crippen LogP contribution in [0.15, 0.2) is 133 Å². The fraction of sp³-hybridized carbons (Fsp3) is 0.167. The number of carbonyl (C=O) groups excluding carboxylic acids is 2. The lowest BCUT2D eigenvalue weighted by Crippen LogP contribution is -2.35. The maximum atomic E-state index is 13.8. The predicted octanol–water partition coefficient (Wildman–Crippen LogP) is 7.21. The van der Waals surface area contributed by atoms with Crippen molar-refractivity contribution in [2.75, 3.05) is 13.1 Å². The highest BCUT2D eigenvalue weighted by Crippen LogP contribution is 2.27. The fourth-order valence-corrected chi connectivity index (χ4v) is 5.22. The Morgan fingerprint density at radius 2 is 1.23 bits per heavy atom. The van der Waals surface area contributed by atoms with Gasteiger partial charge in [0.1, 0.15) is 0 Å². The SMILES string of the molecule is O=C(CCN(Cc1ccccc1)C(=O)c1cccc2ccccc12)NCCC(c1ccccc1)c1ccccc1. The van der Waals surface area contributed by atoms with Crippen LogP contribution in [0.25, 0.3) is 10.8 Å². The van der Waals surface area contributed by atoms with Crippen LogP contribution >= 0.6 is 0 Å². The van der Waals surface area contributed by atoms with Gasteiger partial charge in [0.2, 0.25) is 5.91 Å². The summed E-state index contributed by atoms with van der Waals surface area (Å²) in [5, 5.41) is 5.05. The molecule has 5 rings (SSSR count). The van der Waals surface area contributed by atoms with Crippen molar-refractivity contribution in [3.05, 3.63) is 156 Å². The summed E-state index contributed by atoms with van der Waals surface area (Å²) in [6.45, 7) is 1.34. The topological polar surface area (TPSA) is 49.4 Å². The van der Waals surface area contributed by atoms with Crippen LogP contribution in [0.3, 0.4) is 0 Å². The standard InChI is InChI=1S/C36H34N2O2/c39-35(37-25-23-32(29-15-6-2-7-16-29)30-17-8-3-9-18-30)24-26-38(27-28-13-4-1-5-14-28)36(40)34-22-12-20-31-19-10-11-21-33(31)34/h1-22,32H,23-27H2,(H,37,39). The third kappa shape index (κ3) is 6.83. The zero-order chi connectivity index (χ0) is 27.6. The Hall–Kier alpha value is -4.70. The Balaban J connectivity index is 1.25. The van der Waals surface area contributed by atoms with Gasteiger partial charge in [-0.05, 0) is 39.9 Å². The summed E-state index contributed by atoms with van der Waals surface area (Å²) < 4.78 is 0. The van der Waals surface area contributed by atoms with Crippen molar-refractivity contribution < 1.29 is 9.59 Å². The summed E-state index contributed by atoms with van der Waals surface area (Å²) in [4.78, 5) is 28.5. The summed E-state index contributed by atoms with van der Waals surface area (Å²) in [6, 6.07) is 44.5. The predicted molar refractivity (Wildman–Crippen MR) is 162 cm³/mol.